The van der Waals surface area contributed by atoms with Crippen LogP contribution in [-0.2, 0) is 9.53 Å². The molecule has 35 heavy (non-hydrogen) atoms. The topological polar surface area (TPSA) is 75.6 Å². The fourth-order valence-electron chi connectivity index (χ4n) is 5.29. The van der Waals surface area contributed by atoms with Crippen LogP contribution < -0.4 is 5.32 Å². The van der Waals surface area contributed by atoms with E-state index in [1.54, 1.807) is 0 Å². The number of rotatable bonds is 9. The fourth-order valence-corrected chi connectivity index (χ4v) is 5.29. The smallest absolute Gasteiger partial charge is 0.407 e. The van der Waals surface area contributed by atoms with Crippen LogP contribution in [0.15, 0.2) is 48.5 Å². The molecular formula is C28H37N3O4+2. The van der Waals surface area contributed by atoms with Crippen LogP contribution in [-0.4, -0.2) is 94.2 Å². The molecular weight excluding hydrogens is 442 g/mol. The minimum Gasteiger partial charge on any atom is -0.480 e. The minimum absolute atomic E-state index is 0.0971. The quantitative estimate of drug-likeness (QED) is 0.428. The van der Waals surface area contributed by atoms with Gasteiger partial charge in [-0.15, -0.1) is 6.42 Å². The highest BCUT2D eigenvalue weighted by Gasteiger charge is 2.51. The average Bonchev–Trinajstić information content (AvgIpc) is 3.07. The second-order valence-corrected chi connectivity index (χ2v) is 11.4. The van der Waals surface area contributed by atoms with Crippen molar-refractivity contribution in [1.29, 1.82) is 0 Å². The van der Waals surface area contributed by atoms with Gasteiger partial charge in [0, 0.05) is 5.92 Å². The van der Waals surface area contributed by atoms with Crippen molar-refractivity contribution < 1.29 is 28.4 Å². The van der Waals surface area contributed by atoms with Crippen LogP contribution in [0.5, 0.6) is 0 Å². The number of carboxylic acid groups (broad SMARTS) is 1. The summed E-state index contributed by atoms with van der Waals surface area (Å²) in [6, 6.07) is 14.8. The molecule has 0 spiro atoms. The van der Waals surface area contributed by atoms with Gasteiger partial charge >= 0.3 is 12.1 Å². The number of amides is 1. The van der Waals surface area contributed by atoms with E-state index in [1.165, 1.54) is 0 Å². The lowest BCUT2D eigenvalue weighted by molar-refractivity contribution is -0.900. The number of hydrogen-bond acceptors (Lipinski definition) is 3. The average molecular weight is 480 g/mol. The van der Waals surface area contributed by atoms with Crippen LogP contribution in [0.3, 0.4) is 0 Å². The van der Waals surface area contributed by atoms with E-state index in [0.717, 1.165) is 22.3 Å². The van der Waals surface area contributed by atoms with Crippen molar-refractivity contribution in [3.05, 3.63) is 59.7 Å². The number of alkyl carbamates (subject to hydrolysis) is 1. The van der Waals surface area contributed by atoms with Crippen molar-refractivity contribution in [2.24, 2.45) is 5.41 Å². The van der Waals surface area contributed by atoms with Gasteiger partial charge < -0.3 is 24.1 Å². The predicted molar refractivity (Wildman–Crippen MR) is 137 cm³/mol. The zero-order chi connectivity index (χ0) is 26.0. The number of carboxylic acids is 1. The highest BCUT2D eigenvalue weighted by Crippen LogP contribution is 2.44. The predicted octanol–water partition coefficient (Wildman–Crippen LogP) is 3.01. The summed E-state index contributed by atoms with van der Waals surface area (Å²) in [6.45, 7) is 0.819. The molecule has 1 atom stereocenters. The van der Waals surface area contributed by atoms with Gasteiger partial charge in [0.05, 0.1) is 42.3 Å². The van der Waals surface area contributed by atoms with Crippen LogP contribution in [0.25, 0.3) is 11.1 Å². The fraction of sp³-hybridized carbons (Fsp3) is 0.429. The lowest BCUT2D eigenvalue weighted by Gasteiger charge is -2.42. The third-order valence-electron chi connectivity index (χ3n) is 6.21. The van der Waals surface area contributed by atoms with Crippen LogP contribution in [0.4, 0.5) is 4.79 Å². The summed E-state index contributed by atoms with van der Waals surface area (Å²) in [4.78, 5) is 25.4. The van der Waals surface area contributed by atoms with Crippen molar-refractivity contribution in [2.75, 3.05) is 62.0 Å². The second-order valence-electron chi connectivity index (χ2n) is 11.4. The monoisotopic (exact) mass is 479 g/mol. The highest BCUT2D eigenvalue weighted by molar-refractivity contribution is 5.82. The number of terminal acetylenes is 1. The zero-order valence-electron chi connectivity index (χ0n) is 21.5. The summed E-state index contributed by atoms with van der Waals surface area (Å²) in [5.74, 6) is 1.46. The first-order chi connectivity index (χ1) is 16.3. The molecule has 0 saturated carbocycles. The molecule has 2 aromatic carbocycles. The number of nitrogens with one attached hydrogen (secondary N) is 1. The molecule has 186 valence electrons. The first-order valence-corrected chi connectivity index (χ1v) is 11.7. The van der Waals surface area contributed by atoms with Gasteiger partial charge in [-0.05, 0) is 22.3 Å². The molecule has 7 heteroatoms. The summed E-state index contributed by atoms with van der Waals surface area (Å²) >= 11 is 0. The summed E-state index contributed by atoms with van der Waals surface area (Å²) in [5, 5.41) is 12.7. The van der Waals surface area contributed by atoms with E-state index < -0.39 is 23.5 Å². The Labute approximate surface area is 208 Å². The number of ether oxygens (including phenoxy) is 1. The Balaban J connectivity index is 1.83. The van der Waals surface area contributed by atoms with Gasteiger partial charge in [0.2, 0.25) is 0 Å². The maximum Gasteiger partial charge on any atom is 0.407 e. The van der Waals surface area contributed by atoms with E-state index in [4.69, 9.17) is 11.2 Å². The number of aliphatic carboxylic acids is 1. The molecule has 0 saturated heterocycles. The van der Waals surface area contributed by atoms with Gasteiger partial charge in [0.15, 0.2) is 11.5 Å². The first kappa shape index (κ1) is 26.3. The number of hydrogen-bond donors (Lipinski definition) is 2. The molecule has 3 rings (SSSR count). The lowest BCUT2D eigenvalue weighted by Crippen LogP contribution is -2.64. The maximum atomic E-state index is 13.0. The molecule has 0 bridgehead atoms. The van der Waals surface area contributed by atoms with Crippen LogP contribution in [0.2, 0.25) is 0 Å². The van der Waals surface area contributed by atoms with Gasteiger partial charge in [-0.3, -0.25) is 0 Å². The number of fused-ring (bicyclic) bond motifs is 3. The molecule has 1 amide bonds. The molecule has 2 aromatic rings. The van der Waals surface area contributed by atoms with Gasteiger partial charge in [0.25, 0.3) is 0 Å². The van der Waals surface area contributed by atoms with Gasteiger partial charge in [-0.2, -0.15) is 0 Å². The van der Waals surface area contributed by atoms with Gasteiger partial charge in [-0.1, -0.05) is 54.5 Å². The van der Waals surface area contributed by atoms with Crippen molar-refractivity contribution in [3.63, 3.8) is 0 Å². The third kappa shape index (κ3) is 6.02. The number of carbonyl (C=O) groups excluding carboxylic acids is 1. The Kier molecular flexibility index (Phi) is 7.30. The second kappa shape index (κ2) is 9.73. The van der Waals surface area contributed by atoms with E-state index >= 15 is 0 Å². The Morgan fingerprint density at radius 2 is 1.43 bits per heavy atom. The molecule has 0 unspecified atom stereocenters. The van der Waals surface area contributed by atoms with Crippen molar-refractivity contribution in [3.8, 4) is 23.5 Å². The summed E-state index contributed by atoms with van der Waals surface area (Å²) < 4.78 is 6.52. The van der Waals surface area contributed by atoms with Gasteiger partial charge in [0.1, 0.15) is 19.7 Å². The molecule has 7 nitrogen and oxygen atoms in total. The van der Waals surface area contributed by atoms with E-state index in [9.17, 15) is 14.7 Å². The molecule has 1 aliphatic carbocycles. The molecule has 1 aliphatic rings. The van der Waals surface area contributed by atoms with E-state index in [2.05, 4.69) is 23.4 Å². The molecule has 0 aromatic heterocycles. The largest absolute Gasteiger partial charge is 0.480 e. The summed E-state index contributed by atoms with van der Waals surface area (Å²) in [7, 11) is 11.7. The zero-order valence-corrected chi connectivity index (χ0v) is 21.5. The lowest BCUT2D eigenvalue weighted by atomic mass is 9.78. The van der Waals surface area contributed by atoms with Crippen LogP contribution in [0.1, 0.15) is 17.0 Å². The number of benzene rings is 2. The molecule has 0 fully saturated rings. The minimum atomic E-state index is -1.31. The molecule has 0 radical (unpaired) electrons. The standard InChI is InChI=1S/C28H35N3O4/c1-8-28(18-30(2,3)4,19-31(5,6)7)25(26(32)33)29-27(34)35-17-24-22-15-11-9-13-20(22)21-14-10-12-16-23(21)24/h1,9-16,24-25H,17-19H2,2-7H3/p+2/t25-/m1/s1. The maximum absolute atomic E-state index is 13.0. The SMILES string of the molecule is C#CC(C[N+](C)(C)C)(C[N+](C)(C)C)[C@H](NC(=O)OCC1c2ccccc2-c2ccccc21)C(=O)O. The normalized spacial score (nSPS) is 14.4. The third-order valence-corrected chi connectivity index (χ3v) is 6.21. The number of carbonyl (C=O) groups is 2. The number of quaternary nitrogens is 2. The highest BCUT2D eigenvalue weighted by atomic mass is 16.5. The summed E-state index contributed by atoms with van der Waals surface area (Å²) in [6.07, 6.45) is 5.20. The van der Waals surface area contributed by atoms with Crippen molar-refractivity contribution >= 4 is 12.1 Å². The molecule has 0 aliphatic heterocycles. The van der Waals surface area contributed by atoms with Crippen molar-refractivity contribution in [2.45, 2.75) is 12.0 Å². The van der Waals surface area contributed by atoms with E-state index in [-0.39, 0.29) is 12.5 Å². The first-order valence-electron chi connectivity index (χ1n) is 11.7. The Bertz CT molecular complexity index is 1080. The Morgan fingerprint density at radius 1 is 0.971 bits per heavy atom. The van der Waals surface area contributed by atoms with Gasteiger partial charge in [-0.25, -0.2) is 9.59 Å². The van der Waals surface area contributed by atoms with Crippen LogP contribution >= 0.6 is 0 Å². The van der Waals surface area contributed by atoms with E-state index in [1.807, 2.05) is 78.7 Å². The molecule has 2 N–H and O–H groups in total. The Morgan fingerprint density at radius 3 is 1.83 bits per heavy atom. The van der Waals surface area contributed by atoms with Crippen LogP contribution in [0, 0.1) is 17.8 Å². The number of nitrogens with zero attached hydrogens (tertiary/aromatic N) is 2. The van der Waals surface area contributed by atoms with Crippen molar-refractivity contribution in [1.82, 2.24) is 5.32 Å². The Hall–Kier alpha value is -3.34. The summed E-state index contributed by atoms with van der Waals surface area (Å²) in [5.41, 5.74) is 3.29. The van der Waals surface area contributed by atoms with E-state index in [0.29, 0.717) is 22.1 Å². The molecule has 0 heterocycles.